The van der Waals surface area contributed by atoms with Crippen molar-refractivity contribution in [3.8, 4) is 0 Å². The zero-order valence-electron chi connectivity index (χ0n) is 8.58. The molecule has 0 aliphatic carbocycles. The normalized spacial score (nSPS) is 10.8. The van der Waals surface area contributed by atoms with Crippen molar-refractivity contribution in [1.29, 1.82) is 0 Å². The summed E-state index contributed by atoms with van der Waals surface area (Å²) in [5, 5.41) is 0. The van der Waals surface area contributed by atoms with E-state index < -0.39 is 0 Å². The van der Waals surface area contributed by atoms with Gasteiger partial charge >= 0.3 is 0 Å². The molecule has 1 aromatic rings. The average molecular weight is 179 g/mol. The molecule has 0 fully saturated rings. The Labute approximate surface area is 79.6 Å². The van der Waals surface area contributed by atoms with Gasteiger partial charge in [-0.15, -0.1) is 0 Å². The molecule has 1 rings (SSSR count). The zero-order chi connectivity index (χ0) is 9.84. The first kappa shape index (κ1) is 10.0. The molecule has 0 amide bonds. The SMILES string of the molecule is Cc1ccn(CCC(C)C)c1C=O. The summed E-state index contributed by atoms with van der Waals surface area (Å²) in [6.45, 7) is 7.29. The quantitative estimate of drug-likeness (QED) is 0.651. The van der Waals surface area contributed by atoms with Crippen LogP contribution in [0.15, 0.2) is 12.3 Å². The van der Waals surface area contributed by atoms with Gasteiger partial charge in [0.25, 0.3) is 0 Å². The molecule has 13 heavy (non-hydrogen) atoms. The number of aryl methyl sites for hydroxylation is 2. The van der Waals surface area contributed by atoms with Crippen LogP contribution in [0.4, 0.5) is 0 Å². The lowest BCUT2D eigenvalue weighted by Gasteiger charge is -2.07. The predicted molar refractivity (Wildman–Crippen MR) is 54.0 cm³/mol. The van der Waals surface area contributed by atoms with Gasteiger partial charge in [0.1, 0.15) is 0 Å². The summed E-state index contributed by atoms with van der Waals surface area (Å²) in [5.41, 5.74) is 1.89. The highest BCUT2D eigenvalue weighted by atomic mass is 16.1. The fourth-order valence-corrected chi connectivity index (χ4v) is 1.35. The highest BCUT2D eigenvalue weighted by Gasteiger charge is 2.04. The van der Waals surface area contributed by atoms with Crippen LogP contribution in [-0.2, 0) is 6.54 Å². The highest BCUT2D eigenvalue weighted by molar-refractivity contribution is 5.74. The Hall–Kier alpha value is -1.05. The van der Waals surface area contributed by atoms with Crippen LogP contribution in [0.5, 0.6) is 0 Å². The van der Waals surface area contributed by atoms with Crippen molar-refractivity contribution < 1.29 is 4.79 Å². The summed E-state index contributed by atoms with van der Waals surface area (Å²) < 4.78 is 2.03. The summed E-state index contributed by atoms with van der Waals surface area (Å²) in [6.07, 6.45) is 4.05. The molecule has 0 atom stereocenters. The first-order valence-corrected chi connectivity index (χ1v) is 4.76. The van der Waals surface area contributed by atoms with E-state index in [4.69, 9.17) is 0 Å². The van der Waals surface area contributed by atoms with Crippen LogP contribution in [0.1, 0.15) is 36.3 Å². The Balaban J connectivity index is 2.71. The van der Waals surface area contributed by atoms with Crippen LogP contribution < -0.4 is 0 Å². The van der Waals surface area contributed by atoms with Crippen molar-refractivity contribution in [2.75, 3.05) is 0 Å². The standard InChI is InChI=1S/C11H17NO/c1-9(2)4-6-12-7-5-10(3)11(12)8-13/h5,7-9H,4,6H2,1-3H3. The van der Waals surface area contributed by atoms with Gasteiger partial charge in [-0.3, -0.25) is 4.79 Å². The maximum absolute atomic E-state index is 10.7. The number of aromatic nitrogens is 1. The lowest BCUT2D eigenvalue weighted by molar-refractivity contribution is 0.111. The van der Waals surface area contributed by atoms with Crippen LogP contribution in [0.2, 0.25) is 0 Å². The van der Waals surface area contributed by atoms with Gasteiger partial charge in [0.05, 0.1) is 5.69 Å². The average Bonchev–Trinajstić information content (AvgIpc) is 2.42. The largest absolute Gasteiger partial charge is 0.345 e. The van der Waals surface area contributed by atoms with E-state index >= 15 is 0 Å². The number of aldehydes is 1. The Bertz CT molecular complexity index is 286. The molecule has 0 bridgehead atoms. The lowest BCUT2D eigenvalue weighted by Crippen LogP contribution is -2.04. The molecule has 0 spiro atoms. The third kappa shape index (κ3) is 2.44. The van der Waals surface area contributed by atoms with E-state index in [1.165, 1.54) is 0 Å². The van der Waals surface area contributed by atoms with Crippen molar-refractivity contribution in [3.63, 3.8) is 0 Å². The van der Waals surface area contributed by atoms with E-state index in [1.807, 2.05) is 23.8 Å². The maximum atomic E-state index is 10.7. The van der Waals surface area contributed by atoms with Gasteiger partial charge in [0.2, 0.25) is 0 Å². The first-order chi connectivity index (χ1) is 6.15. The van der Waals surface area contributed by atoms with Crippen LogP contribution in [0.3, 0.4) is 0 Å². The van der Waals surface area contributed by atoms with Gasteiger partial charge < -0.3 is 4.57 Å². The van der Waals surface area contributed by atoms with Gasteiger partial charge in [-0.1, -0.05) is 13.8 Å². The molecule has 1 aromatic heterocycles. The fourth-order valence-electron chi connectivity index (χ4n) is 1.35. The third-order valence-electron chi connectivity index (χ3n) is 2.28. The minimum absolute atomic E-state index is 0.683. The maximum Gasteiger partial charge on any atom is 0.166 e. The monoisotopic (exact) mass is 179 g/mol. The van der Waals surface area contributed by atoms with Crippen LogP contribution in [0, 0.1) is 12.8 Å². The van der Waals surface area contributed by atoms with Gasteiger partial charge in [0, 0.05) is 12.7 Å². The number of rotatable bonds is 4. The van der Waals surface area contributed by atoms with Crippen molar-refractivity contribution in [1.82, 2.24) is 4.57 Å². The Morgan fingerprint density at radius 3 is 2.77 bits per heavy atom. The minimum Gasteiger partial charge on any atom is -0.345 e. The Kier molecular flexibility index (Phi) is 3.29. The van der Waals surface area contributed by atoms with E-state index in [0.717, 1.165) is 30.5 Å². The van der Waals surface area contributed by atoms with Crippen molar-refractivity contribution >= 4 is 6.29 Å². The molecule has 2 nitrogen and oxygen atoms in total. The summed E-state index contributed by atoms with van der Waals surface area (Å²) in [7, 11) is 0. The molecule has 0 saturated heterocycles. The summed E-state index contributed by atoms with van der Waals surface area (Å²) in [6, 6.07) is 1.99. The highest BCUT2D eigenvalue weighted by Crippen LogP contribution is 2.10. The topological polar surface area (TPSA) is 22.0 Å². The number of hydrogen-bond donors (Lipinski definition) is 0. The fraction of sp³-hybridized carbons (Fsp3) is 0.545. The van der Waals surface area contributed by atoms with Crippen molar-refractivity contribution in [2.24, 2.45) is 5.92 Å². The molecule has 2 heteroatoms. The molecule has 0 aliphatic heterocycles. The molecule has 0 saturated carbocycles. The lowest BCUT2D eigenvalue weighted by atomic mass is 10.1. The second-order valence-electron chi connectivity index (χ2n) is 3.88. The van der Waals surface area contributed by atoms with Gasteiger partial charge in [-0.05, 0) is 30.9 Å². The molecule has 0 aliphatic rings. The number of hydrogen-bond acceptors (Lipinski definition) is 1. The van der Waals surface area contributed by atoms with Gasteiger partial charge in [-0.25, -0.2) is 0 Å². The summed E-state index contributed by atoms with van der Waals surface area (Å²) in [5.74, 6) is 0.683. The predicted octanol–water partition coefficient (Wildman–Crippen LogP) is 2.66. The van der Waals surface area contributed by atoms with Crippen LogP contribution >= 0.6 is 0 Å². The third-order valence-corrected chi connectivity index (χ3v) is 2.28. The zero-order valence-corrected chi connectivity index (χ0v) is 8.58. The molecule has 1 heterocycles. The first-order valence-electron chi connectivity index (χ1n) is 4.76. The molecular weight excluding hydrogens is 162 g/mol. The van der Waals surface area contributed by atoms with E-state index in [-0.39, 0.29) is 0 Å². The van der Waals surface area contributed by atoms with E-state index in [2.05, 4.69) is 13.8 Å². The van der Waals surface area contributed by atoms with Gasteiger partial charge in [0.15, 0.2) is 6.29 Å². The molecule has 0 unspecified atom stereocenters. The van der Waals surface area contributed by atoms with Gasteiger partial charge in [-0.2, -0.15) is 0 Å². The number of carbonyl (C=O) groups is 1. The number of carbonyl (C=O) groups excluding carboxylic acids is 1. The van der Waals surface area contributed by atoms with Crippen LogP contribution in [-0.4, -0.2) is 10.9 Å². The Morgan fingerprint density at radius 1 is 1.54 bits per heavy atom. The number of nitrogens with zero attached hydrogens (tertiary/aromatic N) is 1. The van der Waals surface area contributed by atoms with Crippen LogP contribution in [0.25, 0.3) is 0 Å². The van der Waals surface area contributed by atoms with E-state index in [0.29, 0.717) is 5.92 Å². The van der Waals surface area contributed by atoms with Crippen molar-refractivity contribution in [2.45, 2.75) is 33.7 Å². The molecule has 0 radical (unpaired) electrons. The molecule has 72 valence electrons. The van der Waals surface area contributed by atoms with E-state index in [1.54, 1.807) is 0 Å². The summed E-state index contributed by atoms with van der Waals surface area (Å²) in [4.78, 5) is 10.7. The minimum atomic E-state index is 0.683. The molecule has 0 aromatic carbocycles. The molecule has 0 N–H and O–H groups in total. The van der Waals surface area contributed by atoms with Crippen molar-refractivity contribution in [3.05, 3.63) is 23.5 Å². The molecular formula is C11H17NO. The second-order valence-corrected chi connectivity index (χ2v) is 3.88. The second kappa shape index (κ2) is 4.26. The smallest absolute Gasteiger partial charge is 0.166 e. The van der Waals surface area contributed by atoms with E-state index in [9.17, 15) is 4.79 Å². The summed E-state index contributed by atoms with van der Waals surface area (Å²) >= 11 is 0. The Morgan fingerprint density at radius 2 is 2.23 bits per heavy atom.